The summed E-state index contributed by atoms with van der Waals surface area (Å²) in [5.74, 6) is -0.468. The van der Waals surface area contributed by atoms with Crippen LogP contribution in [0.4, 0.5) is 0 Å². The Balaban J connectivity index is 1.79. The fourth-order valence-corrected chi connectivity index (χ4v) is 3.20. The van der Waals surface area contributed by atoms with Gasteiger partial charge in [-0.3, -0.25) is 14.5 Å². The smallest absolute Gasteiger partial charge is 0.257 e. The largest absolute Gasteiger partial charge is 0.269 e. The van der Waals surface area contributed by atoms with Crippen LogP contribution in [0.3, 0.4) is 0 Å². The first kappa shape index (κ1) is 21.7. The third kappa shape index (κ3) is 11.0. The molecule has 0 atom stereocenters. The van der Waals surface area contributed by atoms with E-state index in [0.717, 1.165) is 12.8 Å². The number of carbonyl (C=O) groups is 2. The SMILES string of the molecule is CCCCCCCCCCCCCCCCC=CN1C(=O)C=CC1=O. The minimum atomic E-state index is -0.234. The zero-order chi connectivity index (χ0) is 18.2. The van der Waals surface area contributed by atoms with Gasteiger partial charge in [0.25, 0.3) is 11.8 Å². The number of hydrogen-bond donors (Lipinski definition) is 0. The van der Waals surface area contributed by atoms with Crippen molar-refractivity contribution in [2.24, 2.45) is 0 Å². The maximum absolute atomic E-state index is 11.3. The summed E-state index contributed by atoms with van der Waals surface area (Å²) in [5, 5.41) is 0. The quantitative estimate of drug-likeness (QED) is 0.243. The summed E-state index contributed by atoms with van der Waals surface area (Å²) in [6, 6.07) is 0. The summed E-state index contributed by atoms with van der Waals surface area (Å²) in [5.41, 5.74) is 0. The first-order valence-electron chi connectivity index (χ1n) is 10.5. The van der Waals surface area contributed by atoms with E-state index in [2.05, 4.69) is 6.92 Å². The normalized spacial score (nSPS) is 14.4. The maximum Gasteiger partial charge on any atom is 0.257 e. The van der Waals surface area contributed by atoms with Crippen molar-refractivity contribution in [2.75, 3.05) is 0 Å². The van der Waals surface area contributed by atoms with Gasteiger partial charge in [-0.15, -0.1) is 0 Å². The highest BCUT2D eigenvalue weighted by atomic mass is 16.2. The molecule has 0 aromatic carbocycles. The second-order valence-electron chi connectivity index (χ2n) is 7.15. The minimum Gasteiger partial charge on any atom is -0.269 e. The molecule has 0 saturated heterocycles. The molecule has 0 N–H and O–H groups in total. The highest BCUT2D eigenvalue weighted by Gasteiger charge is 2.19. The number of imide groups is 1. The Morgan fingerprint density at radius 3 is 1.52 bits per heavy atom. The van der Waals surface area contributed by atoms with E-state index in [0.29, 0.717) is 0 Å². The van der Waals surface area contributed by atoms with Gasteiger partial charge in [0.05, 0.1) is 0 Å². The molecular weight excluding hydrogens is 310 g/mol. The van der Waals surface area contributed by atoms with Crippen molar-refractivity contribution in [2.45, 2.75) is 103 Å². The Labute approximate surface area is 154 Å². The van der Waals surface area contributed by atoms with Crippen LogP contribution in [0.25, 0.3) is 0 Å². The van der Waals surface area contributed by atoms with Crippen molar-refractivity contribution < 1.29 is 9.59 Å². The van der Waals surface area contributed by atoms with Gasteiger partial charge in [0.15, 0.2) is 0 Å². The predicted molar refractivity (Wildman–Crippen MR) is 105 cm³/mol. The van der Waals surface area contributed by atoms with E-state index >= 15 is 0 Å². The highest BCUT2D eigenvalue weighted by molar-refractivity contribution is 6.13. The Hall–Kier alpha value is -1.38. The third-order valence-corrected chi connectivity index (χ3v) is 4.82. The number of unbranched alkanes of at least 4 members (excludes halogenated alkanes) is 14. The lowest BCUT2D eigenvalue weighted by molar-refractivity contribution is -0.133. The van der Waals surface area contributed by atoms with E-state index in [4.69, 9.17) is 0 Å². The first-order valence-corrected chi connectivity index (χ1v) is 10.5. The fourth-order valence-electron chi connectivity index (χ4n) is 3.20. The lowest BCUT2D eigenvalue weighted by atomic mass is 10.0. The van der Waals surface area contributed by atoms with Crippen molar-refractivity contribution in [3.05, 3.63) is 24.4 Å². The fraction of sp³-hybridized carbons (Fsp3) is 0.727. The van der Waals surface area contributed by atoms with E-state index in [9.17, 15) is 9.59 Å². The molecule has 3 nitrogen and oxygen atoms in total. The van der Waals surface area contributed by atoms with Crippen LogP contribution in [0, 0.1) is 0 Å². The molecule has 1 rings (SSSR count). The predicted octanol–water partition coefficient (Wildman–Crippen LogP) is 6.30. The van der Waals surface area contributed by atoms with Gasteiger partial charge >= 0.3 is 0 Å². The molecule has 0 bridgehead atoms. The molecule has 142 valence electrons. The van der Waals surface area contributed by atoms with Gasteiger partial charge in [0, 0.05) is 18.4 Å². The molecule has 2 amide bonds. The molecule has 1 heterocycles. The summed E-state index contributed by atoms with van der Waals surface area (Å²) in [6.45, 7) is 2.27. The summed E-state index contributed by atoms with van der Waals surface area (Å²) < 4.78 is 0. The second-order valence-corrected chi connectivity index (χ2v) is 7.15. The van der Waals surface area contributed by atoms with Gasteiger partial charge in [0.1, 0.15) is 0 Å². The minimum absolute atomic E-state index is 0.234. The molecule has 25 heavy (non-hydrogen) atoms. The van der Waals surface area contributed by atoms with Crippen LogP contribution in [0.2, 0.25) is 0 Å². The Kier molecular flexibility index (Phi) is 12.9. The maximum atomic E-state index is 11.3. The summed E-state index contributed by atoms with van der Waals surface area (Å²) in [6.07, 6.45) is 26.2. The van der Waals surface area contributed by atoms with E-state index in [-0.39, 0.29) is 11.8 Å². The highest BCUT2D eigenvalue weighted by Crippen LogP contribution is 2.13. The Morgan fingerprint density at radius 2 is 1.08 bits per heavy atom. The molecule has 3 heteroatoms. The van der Waals surface area contributed by atoms with Gasteiger partial charge in [-0.1, -0.05) is 96.5 Å². The summed E-state index contributed by atoms with van der Waals surface area (Å²) in [4.78, 5) is 23.9. The standard InChI is InChI=1S/C22H37NO2/c1-2-3-4-5-6-7-8-9-10-11-12-13-14-15-16-17-20-23-21(24)18-19-22(23)25/h17-20H,2-16H2,1H3. The van der Waals surface area contributed by atoms with Gasteiger partial charge in [0.2, 0.25) is 0 Å². The van der Waals surface area contributed by atoms with Gasteiger partial charge in [-0.2, -0.15) is 0 Å². The monoisotopic (exact) mass is 347 g/mol. The topological polar surface area (TPSA) is 37.4 Å². The molecule has 0 spiro atoms. The molecule has 0 aliphatic carbocycles. The van der Waals surface area contributed by atoms with Gasteiger partial charge < -0.3 is 0 Å². The molecule has 0 saturated carbocycles. The number of hydrogen-bond acceptors (Lipinski definition) is 2. The average Bonchev–Trinajstić information content (AvgIpc) is 2.93. The summed E-state index contributed by atoms with van der Waals surface area (Å²) >= 11 is 0. The molecule has 0 aromatic heterocycles. The van der Waals surface area contributed by atoms with Gasteiger partial charge in [-0.05, 0) is 12.8 Å². The van der Waals surface area contributed by atoms with E-state index in [1.54, 1.807) is 6.20 Å². The van der Waals surface area contributed by atoms with Crippen LogP contribution in [-0.4, -0.2) is 16.7 Å². The first-order chi connectivity index (χ1) is 12.3. The van der Waals surface area contributed by atoms with Crippen LogP contribution in [0.15, 0.2) is 24.4 Å². The zero-order valence-corrected chi connectivity index (χ0v) is 16.2. The third-order valence-electron chi connectivity index (χ3n) is 4.82. The number of rotatable bonds is 16. The van der Waals surface area contributed by atoms with E-state index in [1.165, 1.54) is 101 Å². The number of allylic oxidation sites excluding steroid dienone is 1. The molecular formula is C22H37NO2. The van der Waals surface area contributed by atoms with Crippen molar-refractivity contribution in [3.63, 3.8) is 0 Å². The Bertz CT molecular complexity index is 408. The molecule has 0 unspecified atom stereocenters. The van der Waals surface area contributed by atoms with Crippen LogP contribution >= 0.6 is 0 Å². The molecule has 0 aromatic rings. The molecule has 1 aliphatic heterocycles. The van der Waals surface area contributed by atoms with Gasteiger partial charge in [-0.25, -0.2) is 0 Å². The van der Waals surface area contributed by atoms with Crippen molar-refractivity contribution in [1.29, 1.82) is 0 Å². The zero-order valence-electron chi connectivity index (χ0n) is 16.2. The molecule has 0 fully saturated rings. The number of carbonyl (C=O) groups excluding carboxylic acids is 2. The van der Waals surface area contributed by atoms with Crippen molar-refractivity contribution in [1.82, 2.24) is 4.90 Å². The lowest BCUT2D eigenvalue weighted by Crippen LogP contribution is -2.23. The molecule has 0 radical (unpaired) electrons. The lowest BCUT2D eigenvalue weighted by Gasteiger charge is -2.06. The second kappa shape index (κ2) is 14.9. The van der Waals surface area contributed by atoms with Crippen LogP contribution in [-0.2, 0) is 9.59 Å². The van der Waals surface area contributed by atoms with Crippen LogP contribution < -0.4 is 0 Å². The number of nitrogens with zero attached hydrogens (tertiary/aromatic N) is 1. The van der Waals surface area contributed by atoms with Crippen LogP contribution in [0.5, 0.6) is 0 Å². The van der Waals surface area contributed by atoms with Crippen molar-refractivity contribution in [3.8, 4) is 0 Å². The van der Waals surface area contributed by atoms with Crippen LogP contribution in [0.1, 0.15) is 103 Å². The summed E-state index contributed by atoms with van der Waals surface area (Å²) in [7, 11) is 0. The molecule has 1 aliphatic rings. The van der Waals surface area contributed by atoms with E-state index < -0.39 is 0 Å². The average molecular weight is 348 g/mol. The number of amides is 2. The Morgan fingerprint density at radius 1 is 0.680 bits per heavy atom. The van der Waals surface area contributed by atoms with E-state index in [1.807, 2.05) is 6.08 Å². The van der Waals surface area contributed by atoms with Crippen molar-refractivity contribution >= 4 is 11.8 Å².